The van der Waals surface area contributed by atoms with Crippen LogP contribution in [0.3, 0.4) is 0 Å². The van der Waals surface area contributed by atoms with Crippen molar-refractivity contribution in [3.8, 4) is 0 Å². The summed E-state index contributed by atoms with van der Waals surface area (Å²) in [7, 11) is -1.80. The molecule has 0 unspecified atom stereocenters. The topological polar surface area (TPSA) is 64.0 Å². The van der Waals surface area contributed by atoms with Crippen LogP contribution in [-0.4, -0.2) is 23.7 Å². The number of hydrogen-bond donors (Lipinski definition) is 1. The number of aryl methyl sites for hydroxylation is 1. The minimum absolute atomic E-state index is 0.0516. The maximum atomic E-state index is 12.4. The van der Waals surface area contributed by atoms with Crippen LogP contribution < -0.4 is 4.72 Å². The maximum absolute atomic E-state index is 12.4. The van der Waals surface area contributed by atoms with E-state index in [2.05, 4.69) is 30.6 Å². The van der Waals surface area contributed by atoms with E-state index in [1.165, 1.54) is 6.20 Å². The summed E-state index contributed by atoms with van der Waals surface area (Å²) < 4.78 is 29.1. The van der Waals surface area contributed by atoms with E-state index in [1.54, 1.807) is 18.7 Å². The van der Waals surface area contributed by atoms with Gasteiger partial charge in [-0.25, -0.2) is 13.1 Å². The van der Waals surface area contributed by atoms with Crippen LogP contribution in [0.4, 0.5) is 0 Å². The summed E-state index contributed by atoms with van der Waals surface area (Å²) in [5.41, 5.74) is 0.189. The Balaban J connectivity index is 3.01. The molecule has 0 saturated heterocycles. The molecule has 1 rings (SSSR count). The van der Waals surface area contributed by atoms with Gasteiger partial charge in [0.1, 0.15) is 4.90 Å². The third-order valence-corrected chi connectivity index (χ3v) is 4.66. The van der Waals surface area contributed by atoms with Gasteiger partial charge in [-0.2, -0.15) is 5.10 Å². The lowest BCUT2D eigenvalue weighted by atomic mass is 9.82. The van der Waals surface area contributed by atoms with Crippen molar-refractivity contribution in [2.45, 2.75) is 58.4 Å². The molecule has 0 amide bonds. The molecule has 0 atom stereocenters. The van der Waals surface area contributed by atoms with Gasteiger partial charge in [-0.05, 0) is 32.6 Å². The first-order valence-electron chi connectivity index (χ1n) is 6.37. The summed E-state index contributed by atoms with van der Waals surface area (Å²) in [5.74, 6) is 0. The van der Waals surface area contributed by atoms with E-state index in [4.69, 9.17) is 0 Å². The van der Waals surface area contributed by atoms with E-state index >= 15 is 0 Å². The van der Waals surface area contributed by atoms with Crippen LogP contribution >= 0.6 is 0 Å². The number of nitrogens with one attached hydrogen (secondary N) is 1. The quantitative estimate of drug-likeness (QED) is 0.923. The van der Waals surface area contributed by atoms with E-state index in [1.807, 2.05) is 13.8 Å². The second kappa shape index (κ2) is 4.90. The molecule has 0 bridgehead atoms. The largest absolute Gasteiger partial charge is 0.272 e. The molecule has 1 heterocycles. The van der Waals surface area contributed by atoms with Gasteiger partial charge in [0.25, 0.3) is 0 Å². The van der Waals surface area contributed by atoms with Gasteiger partial charge in [-0.1, -0.05) is 20.8 Å². The second-order valence-electron chi connectivity index (χ2n) is 6.94. The van der Waals surface area contributed by atoms with Crippen molar-refractivity contribution >= 4 is 10.0 Å². The van der Waals surface area contributed by atoms with E-state index in [9.17, 15) is 8.42 Å². The molecule has 0 aromatic carbocycles. The maximum Gasteiger partial charge on any atom is 0.244 e. The number of sulfonamides is 1. The third-order valence-electron chi connectivity index (χ3n) is 2.86. The molecule has 0 aliphatic heterocycles. The van der Waals surface area contributed by atoms with E-state index in [0.717, 1.165) is 6.42 Å². The van der Waals surface area contributed by atoms with E-state index < -0.39 is 15.6 Å². The molecule has 1 aromatic rings. The van der Waals surface area contributed by atoms with Gasteiger partial charge in [-0.3, -0.25) is 4.68 Å². The van der Waals surface area contributed by atoms with Crippen molar-refractivity contribution in [2.24, 2.45) is 12.5 Å². The first-order valence-corrected chi connectivity index (χ1v) is 7.85. The summed E-state index contributed by atoms with van der Waals surface area (Å²) in [6.45, 7) is 11.8. The third kappa shape index (κ3) is 4.31. The van der Waals surface area contributed by atoms with Crippen LogP contribution in [0, 0.1) is 12.3 Å². The lowest BCUT2D eigenvalue weighted by molar-refractivity contribution is 0.269. The van der Waals surface area contributed by atoms with Gasteiger partial charge in [0.05, 0.1) is 11.9 Å². The number of nitrogens with zero attached hydrogens (tertiary/aromatic N) is 2. The van der Waals surface area contributed by atoms with E-state index in [-0.39, 0.29) is 10.3 Å². The van der Waals surface area contributed by atoms with Crippen LogP contribution in [0.25, 0.3) is 0 Å². The molecule has 1 aromatic heterocycles. The highest BCUT2D eigenvalue weighted by atomic mass is 32.2. The molecule has 0 aliphatic rings. The normalized spacial score (nSPS) is 13.8. The lowest BCUT2D eigenvalue weighted by Crippen LogP contribution is -2.45. The van der Waals surface area contributed by atoms with Crippen molar-refractivity contribution in [3.63, 3.8) is 0 Å². The Labute approximate surface area is 116 Å². The predicted octanol–water partition coefficient (Wildman–Crippen LogP) is 2.22. The van der Waals surface area contributed by atoms with Gasteiger partial charge in [0.2, 0.25) is 10.0 Å². The van der Waals surface area contributed by atoms with Crippen LogP contribution in [0.2, 0.25) is 0 Å². The first kappa shape index (κ1) is 16.2. The summed E-state index contributed by atoms with van der Waals surface area (Å²) in [5, 5.41) is 3.98. The first-order chi connectivity index (χ1) is 8.34. The zero-order valence-corrected chi connectivity index (χ0v) is 13.7. The molecular weight excluding hydrogens is 262 g/mol. The molecule has 0 spiro atoms. The molecule has 0 fully saturated rings. The highest BCUT2D eigenvalue weighted by Gasteiger charge is 2.31. The van der Waals surface area contributed by atoms with Gasteiger partial charge < -0.3 is 0 Å². The summed E-state index contributed by atoms with van der Waals surface area (Å²) >= 11 is 0. The summed E-state index contributed by atoms with van der Waals surface area (Å²) in [6, 6.07) is 0. The Bertz CT molecular complexity index is 551. The Morgan fingerprint density at radius 3 is 2.16 bits per heavy atom. The zero-order chi connectivity index (χ0) is 15.1. The molecule has 0 saturated carbocycles. The van der Waals surface area contributed by atoms with Crippen molar-refractivity contribution < 1.29 is 8.42 Å². The Morgan fingerprint density at radius 1 is 1.26 bits per heavy atom. The molecule has 6 heteroatoms. The van der Waals surface area contributed by atoms with Gasteiger partial charge in [0.15, 0.2) is 0 Å². The minimum atomic E-state index is -3.53. The zero-order valence-electron chi connectivity index (χ0n) is 12.9. The van der Waals surface area contributed by atoms with Crippen LogP contribution in [0.15, 0.2) is 11.1 Å². The molecular formula is C13H25N3O2S. The SMILES string of the molecule is Cc1c(S(=O)(=O)NC(C)(C)CC(C)(C)C)cnn1C. The highest BCUT2D eigenvalue weighted by molar-refractivity contribution is 7.89. The average Bonchev–Trinajstić information content (AvgIpc) is 2.40. The fourth-order valence-electron chi connectivity index (χ4n) is 2.52. The Morgan fingerprint density at radius 2 is 1.79 bits per heavy atom. The number of rotatable bonds is 4. The highest BCUT2D eigenvalue weighted by Crippen LogP contribution is 2.28. The minimum Gasteiger partial charge on any atom is -0.272 e. The predicted molar refractivity (Wildman–Crippen MR) is 76.4 cm³/mol. The van der Waals surface area contributed by atoms with Crippen molar-refractivity contribution in [1.82, 2.24) is 14.5 Å². The lowest BCUT2D eigenvalue weighted by Gasteiger charge is -2.32. The van der Waals surface area contributed by atoms with Crippen molar-refractivity contribution in [3.05, 3.63) is 11.9 Å². The van der Waals surface area contributed by atoms with Crippen LogP contribution in [0.1, 0.15) is 46.7 Å². The molecule has 5 nitrogen and oxygen atoms in total. The average molecular weight is 287 g/mol. The van der Waals surface area contributed by atoms with Gasteiger partial charge >= 0.3 is 0 Å². The Kier molecular flexibility index (Phi) is 4.17. The number of hydrogen-bond acceptors (Lipinski definition) is 3. The van der Waals surface area contributed by atoms with Crippen LogP contribution in [-0.2, 0) is 17.1 Å². The molecule has 19 heavy (non-hydrogen) atoms. The van der Waals surface area contributed by atoms with Crippen LogP contribution in [0.5, 0.6) is 0 Å². The standard InChI is InChI=1S/C13H25N3O2S/c1-10-11(8-14-16(10)7)19(17,18)15-13(5,6)9-12(2,3)4/h8,15H,9H2,1-7H3. The monoisotopic (exact) mass is 287 g/mol. The molecule has 0 radical (unpaired) electrons. The van der Waals surface area contributed by atoms with Crippen molar-refractivity contribution in [2.75, 3.05) is 0 Å². The molecule has 1 N–H and O–H groups in total. The van der Waals surface area contributed by atoms with E-state index in [0.29, 0.717) is 5.69 Å². The fourth-order valence-corrected chi connectivity index (χ4v) is 4.14. The summed E-state index contributed by atoms with van der Waals surface area (Å²) in [6.07, 6.45) is 2.14. The van der Waals surface area contributed by atoms with Gasteiger partial charge in [0, 0.05) is 12.6 Å². The second-order valence-corrected chi connectivity index (χ2v) is 8.60. The summed E-state index contributed by atoms with van der Waals surface area (Å²) in [4.78, 5) is 0.247. The van der Waals surface area contributed by atoms with Gasteiger partial charge in [-0.15, -0.1) is 0 Å². The van der Waals surface area contributed by atoms with Crippen molar-refractivity contribution in [1.29, 1.82) is 0 Å². The molecule has 0 aliphatic carbocycles. The number of aromatic nitrogens is 2. The molecule has 110 valence electrons. The smallest absolute Gasteiger partial charge is 0.244 e. The Hall–Kier alpha value is -0.880. The fraction of sp³-hybridized carbons (Fsp3) is 0.769.